The summed E-state index contributed by atoms with van der Waals surface area (Å²) in [5.41, 5.74) is 0.598. The molecule has 0 spiro atoms. The number of hydrogen-bond donors (Lipinski definition) is 1. The van der Waals surface area contributed by atoms with Crippen molar-refractivity contribution in [3.05, 3.63) is 23.3 Å². The van der Waals surface area contributed by atoms with Gasteiger partial charge in [-0.25, -0.2) is 0 Å². The molecule has 0 fully saturated rings. The van der Waals surface area contributed by atoms with Gasteiger partial charge in [0.2, 0.25) is 0 Å². The average Bonchev–Trinajstić information content (AvgIpc) is 2.27. The first kappa shape index (κ1) is 13.8. The van der Waals surface area contributed by atoms with Gasteiger partial charge in [-0.15, -0.1) is 0 Å². The minimum atomic E-state index is -0.982. The lowest BCUT2D eigenvalue weighted by Gasteiger charge is -2.23. The third kappa shape index (κ3) is 2.90. The Bertz CT molecular complexity index is 380. The average molecular weight is 240 g/mol. The molecule has 0 aromatic heterocycles. The molecule has 0 aliphatic rings. The van der Waals surface area contributed by atoms with Gasteiger partial charge in [0.1, 0.15) is 0 Å². The third-order valence-electron chi connectivity index (χ3n) is 2.56. The Labute approximate surface area is 102 Å². The normalized spacial score (nSPS) is 11.4. The summed E-state index contributed by atoms with van der Waals surface area (Å²) in [6.07, 6.45) is 0. The number of benzene rings is 1. The number of ether oxygens (including phenoxy) is 3. The van der Waals surface area contributed by atoms with Gasteiger partial charge in [0.15, 0.2) is 11.5 Å². The molecule has 0 bridgehead atoms. The molecule has 1 aromatic carbocycles. The highest BCUT2D eigenvalue weighted by Crippen LogP contribution is 2.39. The Balaban J connectivity index is 3.37. The van der Waals surface area contributed by atoms with Crippen LogP contribution in [0, 0.1) is 0 Å². The highest BCUT2D eigenvalue weighted by atomic mass is 16.5. The van der Waals surface area contributed by atoms with E-state index in [9.17, 15) is 5.11 Å². The van der Waals surface area contributed by atoms with Gasteiger partial charge in [-0.05, 0) is 13.8 Å². The SMILES string of the molecule is COCc1ccc(C(C)(C)O)c(OC)c1OC. The minimum absolute atomic E-state index is 0.436. The molecule has 0 saturated heterocycles. The van der Waals surface area contributed by atoms with E-state index in [1.54, 1.807) is 35.2 Å². The van der Waals surface area contributed by atoms with Crippen molar-refractivity contribution in [2.45, 2.75) is 26.1 Å². The zero-order valence-electron chi connectivity index (χ0n) is 11.0. The molecule has 0 heterocycles. The molecule has 1 N–H and O–H groups in total. The van der Waals surface area contributed by atoms with E-state index in [1.807, 2.05) is 12.1 Å². The highest BCUT2D eigenvalue weighted by Gasteiger charge is 2.25. The standard InChI is InChI=1S/C13H20O4/c1-13(2,14)10-7-6-9(8-15-3)11(16-4)12(10)17-5/h6-7,14H,8H2,1-5H3. The minimum Gasteiger partial charge on any atom is -0.492 e. The van der Waals surface area contributed by atoms with Gasteiger partial charge < -0.3 is 19.3 Å². The molecular weight excluding hydrogens is 220 g/mol. The number of aliphatic hydroxyl groups is 1. The number of hydrogen-bond acceptors (Lipinski definition) is 4. The van der Waals surface area contributed by atoms with Crippen molar-refractivity contribution >= 4 is 0 Å². The fourth-order valence-corrected chi connectivity index (χ4v) is 1.78. The van der Waals surface area contributed by atoms with Crippen LogP contribution < -0.4 is 9.47 Å². The second-order valence-corrected chi connectivity index (χ2v) is 4.33. The van der Waals surface area contributed by atoms with Crippen LogP contribution in [0.1, 0.15) is 25.0 Å². The molecule has 0 unspecified atom stereocenters. The Kier molecular flexibility index (Phi) is 4.37. The molecule has 0 aliphatic heterocycles. The maximum atomic E-state index is 10.1. The van der Waals surface area contributed by atoms with E-state index >= 15 is 0 Å². The summed E-state index contributed by atoms with van der Waals surface area (Å²) in [5, 5.41) is 10.1. The predicted octanol–water partition coefficient (Wildman–Crippen LogP) is 2.08. The Morgan fingerprint density at radius 1 is 1.06 bits per heavy atom. The van der Waals surface area contributed by atoms with Crippen LogP contribution in [-0.2, 0) is 16.9 Å². The number of rotatable bonds is 5. The molecule has 1 rings (SSSR count). The van der Waals surface area contributed by atoms with Crippen LogP contribution in [-0.4, -0.2) is 26.4 Å². The second kappa shape index (κ2) is 5.38. The van der Waals surface area contributed by atoms with E-state index in [0.717, 1.165) is 5.56 Å². The van der Waals surface area contributed by atoms with E-state index in [0.29, 0.717) is 23.7 Å². The van der Waals surface area contributed by atoms with Gasteiger partial charge in [-0.3, -0.25) is 0 Å². The molecule has 0 amide bonds. The lowest BCUT2D eigenvalue weighted by molar-refractivity contribution is 0.0749. The Morgan fingerprint density at radius 2 is 1.65 bits per heavy atom. The van der Waals surface area contributed by atoms with Crippen molar-refractivity contribution in [3.63, 3.8) is 0 Å². The topological polar surface area (TPSA) is 47.9 Å². The Morgan fingerprint density at radius 3 is 2.06 bits per heavy atom. The van der Waals surface area contributed by atoms with Crippen LogP contribution >= 0.6 is 0 Å². The van der Waals surface area contributed by atoms with Gasteiger partial charge in [0, 0.05) is 18.2 Å². The van der Waals surface area contributed by atoms with Crippen molar-refractivity contribution in [2.75, 3.05) is 21.3 Å². The molecule has 1 aromatic rings. The van der Waals surface area contributed by atoms with Crippen molar-refractivity contribution in [1.82, 2.24) is 0 Å². The van der Waals surface area contributed by atoms with Crippen molar-refractivity contribution < 1.29 is 19.3 Å². The fourth-order valence-electron chi connectivity index (χ4n) is 1.78. The maximum Gasteiger partial charge on any atom is 0.167 e. The van der Waals surface area contributed by atoms with E-state index in [4.69, 9.17) is 14.2 Å². The van der Waals surface area contributed by atoms with Crippen LogP contribution in [0.2, 0.25) is 0 Å². The second-order valence-electron chi connectivity index (χ2n) is 4.33. The largest absolute Gasteiger partial charge is 0.492 e. The molecule has 0 atom stereocenters. The summed E-state index contributed by atoms with van der Waals surface area (Å²) >= 11 is 0. The lowest BCUT2D eigenvalue weighted by Crippen LogP contribution is -2.17. The van der Waals surface area contributed by atoms with Gasteiger partial charge in [0.05, 0.1) is 26.4 Å². The molecule has 4 heteroatoms. The van der Waals surface area contributed by atoms with E-state index in [2.05, 4.69) is 0 Å². The summed E-state index contributed by atoms with van der Waals surface area (Å²) in [4.78, 5) is 0. The van der Waals surface area contributed by atoms with Crippen molar-refractivity contribution in [3.8, 4) is 11.5 Å². The fraction of sp³-hybridized carbons (Fsp3) is 0.538. The van der Waals surface area contributed by atoms with Gasteiger partial charge in [-0.2, -0.15) is 0 Å². The quantitative estimate of drug-likeness (QED) is 0.856. The first-order valence-electron chi connectivity index (χ1n) is 5.41. The van der Waals surface area contributed by atoms with Gasteiger partial charge in [0.25, 0.3) is 0 Å². The van der Waals surface area contributed by atoms with E-state index in [1.165, 1.54) is 0 Å². The molecule has 0 saturated carbocycles. The van der Waals surface area contributed by atoms with E-state index < -0.39 is 5.60 Å². The molecule has 4 nitrogen and oxygen atoms in total. The summed E-state index contributed by atoms with van der Waals surface area (Å²) in [7, 11) is 4.75. The lowest BCUT2D eigenvalue weighted by atomic mass is 9.95. The zero-order chi connectivity index (χ0) is 13.1. The molecule has 96 valence electrons. The van der Waals surface area contributed by atoms with Gasteiger partial charge >= 0.3 is 0 Å². The molecule has 0 radical (unpaired) electrons. The predicted molar refractivity (Wildman–Crippen MR) is 65.5 cm³/mol. The summed E-state index contributed by atoms with van der Waals surface area (Å²) in [5.74, 6) is 1.16. The summed E-state index contributed by atoms with van der Waals surface area (Å²) < 4.78 is 15.8. The van der Waals surface area contributed by atoms with Crippen LogP contribution in [0.4, 0.5) is 0 Å². The number of methoxy groups -OCH3 is 3. The zero-order valence-corrected chi connectivity index (χ0v) is 11.0. The van der Waals surface area contributed by atoms with Crippen molar-refractivity contribution in [1.29, 1.82) is 0 Å². The van der Waals surface area contributed by atoms with Crippen LogP contribution in [0.25, 0.3) is 0 Å². The monoisotopic (exact) mass is 240 g/mol. The molecular formula is C13H20O4. The molecule has 17 heavy (non-hydrogen) atoms. The van der Waals surface area contributed by atoms with Crippen LogP contribution in [0.15, 0.2) is 12.1 Å². The molecule has 0 aliphatic carbocycles. The Hall–Kier alpha value is -1.26. The van der Waals surface area contributed by atoms with Crippen LogP contribution in [0.3, 0.4) is 0 Å². The summed E-state index contributed by atoms with van der Waals surface area (Å²) in [6.45, 7) is 3.85. The van der Waals surface area contributed by atoms with Crippen molar-refractivity contribution in [2.24, 2.45) is 0 Å². The first-order valence-corrected chi connectivity index (χ1v) is 5.41. The summed E-state index contributed by atoms with van der Waals surface area (Å²) in [6, 6.07) is 3.70. The smallest absolute Gasteiger partial charge is 0.167 e. The van der Waals surface area contributed by atoms with Gasteiger partial charge in [-0.1, -0.05) is 12.1 Å². The third-order valence-corrected chi connectivity index (χ3v) is 2.56. The maximum absolute atomic E-state index is 10.1. The van der Waals surface area contributed by atoms with E-state index in [-0.39, 0.29) is 0 Å². The first-order chi connectivity index (χ1) is 7.95. The van der Waals surface area contributed by atoms with Crippen LogP contribution in [0.5, 0.6) is 11.5 Å². The highest BCUT2D eigenvalue weighted by molar-refractivity contribution is 5.53.